The van der Waals surface area contributed by atoms with Crippen LogP contribution in [0.4, 0.5) is 11.4 Å². The van der Waals surface area contributed by atoms with Gasteiger partial charge in [-0.3, -0.25) is 9.59 Å². The summed E-state index contributed by atoms with van der Waals surface area (Å²) in [6.07, 6.45) is 3.47. The van der Waals surface area contributed by atoms with Crippen LogP contribution in [-0.2, 0) is 4.79 Å². The summed E-state index contributed by atoms with van der Waals surface area (Å²) in [5.41, 5.74) is 3.02. The van der Waals surface area contributed by atoms with E-state index in [2.05, 4.69) is 24.1 Å². The van der Waals surface area contributed by atoms with Gasteiger partial charge in [0.2, 0.25) is 5.91 Å². The number of piperazine rings is 1. The zero-order valence-electron chi connectivity index (χ0n) is 21.2. The molecule has 6 nitrogen and oxygen atoms in total. The number of rotatable bonds is 8. The van der Waals surface area contributed by atoms with Crippen molar-refractivity contribution < 1.29 is 14.3 Å². The summed E-state index contributed by atoms with van der Waals surface area (Å²) in [5.74, 6) is 0.849. The van der Waals surface area contributed by atoms with E-state index >= 15 is 0 Å². The summed E-state index contributed by atoms with van der Waals surface area (Å²) < 4.78 is 5.73. The van der Waals surface area contributed by atoms with Crippen molar-refractivity contribution in [1.82, 2.24) is 4.90 Å². The zero-order valence-corrected chi connectivity index (χ0v) is 21.9. The average Bonchev–Trinajstić information content (AvgIpc) is 2.91. The van der Waals surface area contributed by atoms with Crippen LogP contribution in [0.2, 0.25) is 5.02 Å². The van der Waals surface area contributed by atoms with Crippen molar-refractivity contribution in [3.8, 4) is 5.75 Å². The molecule has 0 unspecified atom stereocenters. The van der Waals surface area contributed by atoms with Crippen LogP contribution in [0.5, 0.6) is 5.75 Å². The number of benzene rings is 3. The summed E-state index contributed by atoms with van der Waals surface area (Å²) >= 11 is 6.60. The van der Waals surface area contributed by atoms with E-state index in [1.807, 2.05) is 65.6 Å². The smallest absolute Gasteiger partial charge is 0.255 e. The Hall–Kier alpha value is -3.77. The molecule has 4 rings (SSSR count). The minimum atomic E-state index is -0.227. The molecule has 2 amide bonds. The van der Waals surface area contributed by atoms with Gasteiger partial charge in [0.15, 0.2) is 0 Å². The molecule has 3 aromatic rings. The summed E-state index contributed by atoms with van der Waals surface area (Å²) in [5, 5.41) is 3.46. The maximum atomic E-state index is 12.8. The molecule has 0 radical (unpaired) electrons. The van der Waals surface area contributed by atoms with E-state index in [9.17, 15) is 9.59 Å². The summed E-state index contributed by atoms with van der Waals surface area (Å²) in [6.45, 7) is 7.33. The molecule has 0 spiro atoms. The number of hydrogen-bond donors (Lipinski definition) is 1. The molecule has 1 fully saturated rings. The van der Waals surface area contributed by atoms with Crippen LogP contribution in [0.3, 0.4) is 0 Å². The van der Waals surface area contributed by atoms with Crippen molar-refractivity contribution in [2.75, 3.05) is 43.0 Å². The number of amides is 2. The lowest BCUT2D eigenvalue weighted by Crippen LogP contribution is -2.48. The summed E-state index contributed by atoms with van der Waals surface area (Å²) in [7, 11) is 0. The van der Waals surface area contributed by atoms with E-state index in [0.29, 0.717) is 60.7 Å². The fraction of sp³-hybridized carbons (Fsp3) is 0.267. The first-order chi connectivity index (χ1) is 17.9. The SMILES string of the molecule is CC(C)COc1cccc(C(=O)Nc2ccc(N3CCN(C(=O)/C=C/c4ccccc4)CC3)c(Cl)c2)c1. The quantitative estimate of drug-likeness (QED) is 0.373. The molecule has 37 heavy (non-hydrogen) atoms. The lowest BCUT2D eigenvalue weighted by Gasteiger charge is -2.36. The molecular formula is C30H32ClN3O3. The van der Waals surface area contributed by atoms with Gasteiger partial charge in [-0.2, -0.15) is 0 Å². The van der Waals surface area contributed by atoms with Gasteiger partial charge >= 0.3 is 0 Å². The van der Waals surface area contributed by atoms with Gasteiger partial charge < -0.3 is 19.9 Å². The molecule has 0 bridgehead atoms. The van der Waals surface area contributed by atoms with E-state index in [1.165, 1.54) is 0 Å². The molecule has 7 heteroatoms. The molecule has 1 aliphatic heterocycles. The Bertz CT molecular complexity index is 1250. The van der Waals surface area contributed by atoms with E-state index in [-0.39, 0.29) is 11.8 Å². The molecule has 0 saturated carbocycles. The molecule has 3 aromatic carbocycles. The predicted molar refractivity (Wildman–Crippen MR) is 150 cm³/mol. The molecule has 192 valence electrons. The van der Waals surface area contributed by atoms with Crippen molar-refractivity contribution >= 4 is 40.9 Å². The van der Waals surface area contributed by atoms with Gasteiger partial charge in [0, 0.05) is 43.5 Å². The average molecular weight is 518 g/mol. The third-order valence-electron chi connectivity index (χ3n) is 6.04. The molecule has 0 aliphatic carbocycles. The van der Waals surface area contributed by atoms with Gasteiger partial charge in [0.05, 0.1) is 17.3 Å². The second-order valence-corrected chi connectivity index (χ2v) is 9.82. The molecular weight excluding hydrogens is 486 g/mol. The van der Waals surface area contributed by atoms with Gasteiger partial charge in [-0.05, 0) is 54.0 Å². The van der Waals surface area contributed by atoms with Crippen molar-refractivity contribution in [3.63, 3.8) is 0 Å². The third-order valence-corrected chi connectivity index (χ3v) is 6.34. The Morgan fingerprint density at radius 3 is 2.43 bits per heavy atom. The van der Waals surface area contributed by atoms with E-state index in [0.717, 1.165) is 11.3 Å². The number of anilines is 2. The zero-order chi connectivity index (χ0) is 26.2. The van der Waals surface area contributed by atoms with Crippen molar-refractivity contribution in [2.24, 2.45) is 5.92 Å². The maximum absolute atomic E-state index is 12.8. The fourth-order valence-corrected chi connectivity index (χ4v) is 4.34. The van der Waals surface area contributed by atoms with E-state index in [4.69, 9.17) is 16.3 Å². The third kappa shape index (κ3) is 7.37. The Kier molecular flexibility index (Phi) is 8.86. The topological polar surface area (TPSA) is 61.9 Å². The number of nitrogens with one attached hydrogen (secondary N) is 1. The summed E-state index contributed by atoms with van der Waals surface area (Å²) in [6, 6.07) is 22.4. The highest BCUT2D eigenvalue weighted by atomic mass is 35.5. The molecule has 1 saturated heterocycles. The highest BCUT2D eigenvalue weighted by molar-refractivity contribution is 6.33. The Balaban J connectivity index is 1.32. The van der Waals surface area contributed by atoms with E-state index in [1.54, 1.807) is 24.3 Å². The van der Waals surface area contributed by atoms with Crippen LogP contribution in [-0.4, -0.2) is 49.5 Å². The highest BCUT2D eigenvalue weighted by Gasteiger charge is 2.21. The number of nitrogens with zero attached hydrogens (tertiary/aromatic N) is 2. The van der Waals surface area contributed by atoms with Crippen molar-refractivity contribution in [3.05, 3.63) is 95.0 Å². The minimum absolute atomic E-state index is 0.00587. The number of hydrogen-bond acceptors (Lipinski definition) is 4. The molecule has 1 aliphatic rings. The highest BCUT2D eigenvalue weighted by Crippen LogP contribution is 2.30. The van der Waals surface area contributed by atoms with E-state index < -0.39 is 0 Å². The van der Waals surface area contributed by atoms with Crippen LogP contribution in [0.25, 0.3) is 6.08 Å². The van der Waals surface area contributed by atoms with Gasteiger partial charge in [-0.25, -0.2) is 0 Å². The number of carbonyl (C=O) groups excluding carboxylic acids is 2. The van der Waals surface area contributed by atoms with Crippen molar-refractivity contribution in [1.29, 1.82) is 0 Å². The largest absolute Gasteiger partial charge is 0.493 e. The molecule has 1 heterocycles. The van der Waals surface area contributed by atoms with Crippen LogP contribution in [0, 0.1) is 5.92 Å². The van der Waals surface area contributed by atoms with Crippen LogP contribution in [0.15, 0.2) is 78.9 Å². The van der Waals surface area contributed by atoms with Gasteiger partial charge in [0.25, 0.3) is 5.91 Å². The number of halogens is 1. The normalized spacial score (nSPS) is 13.7. The number of ether oxygens (including phenoxy) is 1. The fourth-order valence-electron chi connectivity index (χ4n) is 4.04. The van der Waals surface area contributed by atoms with Gasteiger partial charge in [0.1, 0.15) is 5.75 Å². The molecule has 0 aromatic heterocycles. The minimum Gasteiger partial charge on any atom is -0.493 e. The lowest BCUT2D eigenvalue weighted by atomic mass is 10.1. The van der Waals surface area contributed by atoms with Crippen LogP contribution in [0.1, 0.15) is 29.8 Å². The monoisotopic (exact) mass is 517 g/mol. The Morgan fingerprint density at radius 1 is 0.973 bits per heavy atom. The standard InChI is InChI=1S/C30H32ClN3O3/c1-22(2)21-37-26-10-6-9-24(19-26)30(36)32-25-12-13-28(27(31)20-25)33-15-17-34(18-16-33)29(35)14-11-23-7-4-3-5-8-23/h3-14,19-20,22H,15-18,21H2,1-2H3,(H,32,36)/b14-11+. The first-order valence-corrected chi connectivity index (χ1v) is 12.9. The predicted octanol–water partition coefficient (Wildman–Crippen LogP) is 5.99. The van der Waals surface area contributed by atoms with Crippen LogP contribution < -0.4 is 15.0 Å². The van der Waals surface area contributed by atoms with Gasteiger partial charge in [-0.15, -0.1) is 0 Å². The number of carbonyl (C=O) groups is 2. The molecule has 0 atom stereocenters. The molecule has 1 N–H and O–H groups in total. The second kappa shape index (κ2) is 12.5. The van der Waals surface area contributed by atoms with Crippen molar-refractivity contribution in [2.45, 2.75) is 13.8 Å². The first kappa shape index (κ1) is 26.3. The first-order valence-electron chi connectivity index (χ1n) is 12.5. The Morgan fingerprint density at radius 2 is 1.73 bits per heavy atom. The lowest BCUT2D eigenvalue weighted by molar-refractivity contribution is -0.126. The second-order valence-electron chi connectivity index (χ2n) is 9.41. The summed E-state index contributed by atoms with van der Waals surface area (Å²) in [4.78, 5) is 29.4. The van der Waals surface area contributed by atoms with Crippen LogP contribution >= 0.6 is 11.6 Å². The maximum Gasteiger partial charge on any atom is 0.255 e. The Labute approximate surface area is 223 Å². The van der Waals surface area contributed by atoms with Gasteiger partial charge in [-0.1, -0.05) is 61.8 Å².